The summed E-state index contributed by atoms with van der Waals surface area (Å²) < 4.78 is 9.28. The van der Waals surface area contributed by atoms with E-state index in [1.54, 1.807) is 0 Å². The number of fused-ring (bicyclic) bond motifs is 12. The number of pyridine rings is 2. The van der Waals surface area contributed by atoms with Gasteiger partial charge in [0.15, 0.2) is 11.6 Å². The summed E-state index contributed by atoms with van der Waals surface area (Å²) in [6.45, 7) is 0. The summed E-state index contributed by atoms with van der Waals surface area (Å²) in [5.74, 6) is 1.39. The highest BCUT2D eigenvalue weighted by molar-refractivity contribution is 6.19. The summed E-state index contributed by atoms with van der Waals surface area (Å²) in [4.78, 5) is 30.0. The van der Waals surface area contributed by atoms with Gasteiger partial charge in [-0.3, -0.25) is 9.13 Å². The molecule has 0 spiro atoms. The lowest BCUT2D eigenvalue weighted by Crippen LogP contribution is -1.98. The summed E-state index contributed by atoms with van der Waals surface area (Å²) in [6, 6.07) is 136. The molecule has 0 saturated heterocycles. The summed E-state index contributed by atoms with van der Waals surface area (Å²) in [7, 11) is 0. The molecule has 22 aromatic rings. The van der Waals surface area contributed by atoms with E-state index in [4.69, 9.17) is 29.9 Å². The van der Waals surface area contributed by atoms with Crippen molar-refractivity contribution in [3.63, 3.8) is 0 Å². The van der Waals surface area contributed by atoms with Gasteiger partial charge in [-0.1, -0.05) is 243 Å². The van der Waals surface area contributed by atoms with Crippen LogP contribution in [0.1, 0.15) is 0 Å². The van der Waals surface area contributed by atoms with Crippen LogP contribution < -0.4 is 0 Å². The fourth-order valence-electron chi connectivity index (χ4n) is 16.5. The van der Waals surface area contributed by atoms with Gasteiger partial charge >= 0.3 is 0 Å². The van der Waals surface area contributed by atoms with Crippen LogP contribution in [0.3, 0.4) is 0 Å². The number of hydrogen-bond acceptors (Lipinski definition) is 6. The van der Waals surface area contributed by atoms with E-state index in [0.29, 0.717) is 11.6 Å². The SMILES string of the molecule is c1ccc(-c2cc(-c3ccc(-n4c5ccc(-c6cccc7c6c6ccccc6n7-c6ccccc6)cc5c5cccnc54)cc3)nc(-c3ccccc3)n2)cc1.c1ccc(-c2cc(-c3ccccc3)nc(-c3ccc(-n4c5ccc(-c6cccc7c6c6ccccc6n7-c6ccccc6)cc5c5cccnc54)cc3)n2)cc1. The number of hydrogen-bond donors (Lipinski definition) is 0. The molecule has 0 unspecified atom stereocenters. The lowest BCUT2D eigenvalue weighted by Gasteiger charge is -2.11. The molecule has 22 rings (SSSR count). The largest absolute Gasteiger partial charge is 0.309 e. The first-order chi connectivity index (χ1) is 55.6. The second kappa shape index (κ2) is 27.5. The molecular formula is C102H66N10. The molecule has 524 valence electrons. The highest BCUT2D eigenvalue weighted by atomic mass is 15.1. The molecule has 0 aliphatic carbocycles. The van der Waals surface area contributed by atoms with Crippen LogP contribution in [-0.2, 0) is 0 Å². The molecule has 0 N–H and O–H groups in total. The van der Waals surface area contributed by atoms with Gasteiger partial charge in [0, 0.05) is 112 Å². The van der Waals surface area contributed by atoms with Crippen LogP contribution in [0.15, 0.2) is 401 Å². The third-order valence-corrected chi connectivity index (χ3v) is 21.6. The van der Waals surface area contributed by atoms with E-state index < -0.39 is 0 Å². The Hall–Kier alpha value is -15.3. The monoisotopic (exact) mass is 1430 g/mol. The Morgan fingerprint density at radius 3 is 0.875 bits per heavy atom. The zero-order valence-electron chi connectivity index (χ0n) is 60.6. The second-order valence-electron chi connectivity index (χ2n) is 28.1. The van der Waals surface area contributed by atoms with E-state index in [-0.39, 0.29) is 0 Å². The maximum Gasteiger partial charge on any atom is 0.160 e. The van der Waals surface area contributed by atoms with Crippen molar-refractivity contribution in [2.24, 2.45) is 0 Å². The summed E-state index contributed by atoms with van der Waals surface area (Å²) in [5, 5.41) is 9.51. The lowest BCUT2D eigenvalue weighted by atomic mass is 9.98. The van der Waals surface area contributed by atoms with Gasteiger partial charge in [-0.15, -0.1) is 0 Å². The Labute approximate surface area is 645 Å². The van der Waals surface area contributed by atoms with Gasteiger partial charge in [0.25, 0.3) is 0 Å². The van der Waals surface area contributed by atoms with Crippen LogP contribution in [0.2, 0.25) is 0 Å². The van der Waals surface area contributed by atoms with Crippen LogP contribution in [0.5, 0.6) is 0 Å². The van der Waals surface area contributed by atoms with Crippen molar-refractivity contribution in [3.8, 4) is 113 Å². The van der Waals surface area contributed by atoms with E-state index >= 15 is 0 Å². The Kier molecular flexibility index (Phi) is 16.0. The molecule has 8 heterocycles. The van der Waals surface area contributed by atoms with Crippen molar-refractivity contribution in [3.05, 3.63) is 401 Å². The molecule has 0 saturated carbocycles. The average molecular weight is 1430 g/mol. The van der Waals surface area contributed by atoms with Crippen molar-refractivity contribution in [1.82, 2.24) is 48.2 Å². The van der Waals surface area contributed by atoms with Crippen LogP contribution >= 0.6 is 0 Å². The lowest BCUT2D eigenvalue weighted by molar-refractivity contribution is 1.13. The summed E-state index contributed by atoms with van der Waals surface area (Å²) in [5.41, 5.74) is 27.6. The number of benzene rings is 14. The van der Waals surface area contributed by atoms with Crippen LogP contribution in [0, 0.1) is 0 Å². The number of para-hydroxylation sites is 4. The van der Waals surface area contributed by atoms with E-state index in [1.165, 1.54) is 65.9 Å². The quantitative estimate of drug-likeness (QED) is 0.121. The molecule has 0 radical (unpaired) electrons. The zero-order valence-corrected chi connectivity index (χ0v) is 60.6. The highest BCUT2D eigenvalue weighted by Gasteiger charge is 2.23. The van der Waals surface area contributed by atoms with Crippen molar-refractivity contribution < 1.29 is 0 Å². The fraction of sp³-hybridized carbons (Fsp3) is 0. The van der Waals surface area contributed by atoms with Gasteiger partial charge in [-0.05, 0) is 168 Å². The van der Waals surface area contributed by atoms with Gasteiger partial charge in [0.2, 0.25) is 0 Å². The molecule has 10 heteroatoms. The van der Waals surface area contributed by atoms with Gasteiger partial charge < -0.3 is 9.13 Å². The van der Waals surface area contributed by atoms with Gasteiger partial charge in [-0.25, -0.2) is 29.9 Å². The normalized spacial score (nSPS) is 11.6. The minimum absolute atomic E-state index is 0.685. The number of nitrogens with zero attached hydrogens (tertiary/aromatic N) is 10. The van der Waals surface area contributed by atoms with E-state index in [2.05, 4.69) is 322 Å². The number of aromatic nitrogens is 10. The first kappa shape index (κ1) is 65.1. The van der Waals surface area contributed by atoms with E-state index in [9.17, 15) is 0 Å². The molecule has 10 nitrogen and oxygen atoms in total. The molecule has 0 amide bonds. The fourth-order valence-corrected chi connectivity index (χ4v) is 16.5. The van der Waals surface area contributed by atoms with Crippen LogP contribution in [-0.4, -0.2) is 48.2 Å². The molecule has 8 aromatic heterocycles. The van der Waals surface area contributed by atoms with Crippen LogP contribution in [0.25, 0.3) is 200 Å². The molecule has 0 fully saturated rings. The van der Waals surface area contributed by atoms with E-state index in [1.807, 2.05) is 97.3 Å². The zero-order chi connectivity index (χ0) is 74.0. The average Bonchev–Trinajstić information content (AvgIpc) is 1.58. The molecular weight excluding hydrogens is 1370 g/mol. The molecule has 112 heavy (non-hydrogen) atoms. The Balaban J connectivity index is 0.000000141. The Morgan fingerprint density at radius 1 is 0.179 bits per heavy atom. The summed E-state index contributed by atoms with van der Waals surface area (Å²) >= 11 is 0. The Bertz CT molecular complexity index is 6760. The first-order valence-corrected chi connectivity index (χ1v) is 37.7. The van der Waals surface area contributed by atoms with Crippen molar-refractivity contribution in [2.45, 2.75) is 0 Å². The predicted octanol–water partition coefficient (Wildman–Crippen LogP) is 25.5. The second-order valence-corrected chi connectivity index (χ2v) is 28.1. The molecule has 0 aliphatic heterocycles. The minimum atomic E-state index is 0.685. The standard InChI is InChI=1S/2C51H33N5/c1-4-14-34(15-5-1)44-33-45(54-50(53-44)36-16-6-2-7-17-36)35-25-28-39(29-26-35)56-47-30-27-37(32-43(47)41-22-13-31-52-51(41)56)40-21-12-24-48-49(40)42-20-10-11-23-46(42)55(48)38-18-8-3-9-19-38;1-4-14-34(15-5-1)44-33-45(35-16-6-2-7-17-35)54-50(53-44)36-25-28-39(29-26-36)56-47-30-27-37(32-43(47)41-22-13-31-52-51(41)56)40-21-12-24-48-49(40)42-20-10-11-23-46(42)55(48)38-18-8-3-9-19-38/h2*1-33H. The molecule has 0 atom stereocenters. The predicted molar refractivity (Wildman–Crippen MR) is 460 cm³/mol. The van der Waals surface area contributed by atoms with Crippen molar-refractivity contribution in [1.29, 1.82) is 0 Å². The van der Waals surface area contributed by atoms with E-state index in [0.717, 1.165) is 123 Å². The molecule has 0 bridgehead atoms. The number of rotatable bonds is 12. The third kappa shape index (κ3) is 11.4. The van der Waals surface area contributed by atoms with Gasteiger partial charge in [0.05, 0.1) is 55.9 Å². The minimum Gasteiger partial charge on any atom is -0.309 e. The summed E-state index contributed by atoms with van der Waals surface area (Å²) in [6.07, 6.45) is 3.75. The molecule has 14 aromatic carbocycles. The maximum atomic E-state index is 5.06. The van der Waals surface area contributed by atoms with Crippen LogP contribution in [0.4, 0.5) is 0 Å². The third-order valence-electron chi connectivity index (χ3n) is 21.6. The van der Waals surface area contributed by atoms with Crippen molar-refractivity contribution in [2.75, 3.05) is 0 Å². The van der Waals surface area contributed by atoms with Gasteiger partial charge in [-0.2, -0.15) is 0 Å². The Morgan fingerprint density at radius 2 is 0.473 bits per heavy atom. The smallest absolute Gasteiger partial charge is 0.160 e. The maximum absolute atomic E-state index is 5.06. The molecule has 0 aliphatic rings. The van der Waals surface area contributed by atoms with Gasteiger partial charge in [0.1, 0.15) is 11.3 Å². The van der Waals surface area contributed by atoms with Crippen molar-refractivity contribution >= 4 is 87.5 Å². The first-order valence-electron chi connectivity index (χ1n) is 37.7. The topological polar surface area (TPSA) is 97.1 Å². The highest BCUT2D eigenvalue weighted by Crippen LogP contribution is 2.44.